The molecule has 0 unspecified atom stereocenters. The topological polar surface area (TPSA) is 76.3 Å². The highest BCUT2D eigenvalue weighted by atomic mass is 35.5. The number of hydrogen-bond acceptors (Lipinski definition) is 5. The lowest BCUT2D eigenvalue weighted by Crippen LogP contribution is -2.22. The lowest BCUT2D eigenvalue weighted by Gasteiger charge is -2.12. The Labute approximate surface area is 151 Å². The first-order chi connectivity index (χ1) is 11.8. The zero-order valence-electron chi connectivity index (χ0n) is 13.9. The molecule has 0 atom stereocenters. The lowest BCUT2D eigenvalue weighted by molar-refractivity contribution is 0.520. The maximum absolute atomic E-state index is 12.3. The van der Waals surface area contributed by atoms with Crippen molar-refractivity contribution < 1.29 is 12.8 Å². The average Bonchev–Trinajstić information content (AvgIpc) is 3.05. The summed E-state index contributed by atoms with van der Waals surface area (Å²) in [6.45, 7) is 1.85. The molecule has 25 heavy (non-hydrogen) atoms. The number of rotatable bonds is 4. The fourth-order valence-corrected chi connectivity index (χ4v) is 3.42. The van der Waals surface area contributed by atoms with Gasteiger partial charge in [0.25, 0.3) is 0 Å². The zero-order valence-corrected chi connectivity index (χ0v) is 15.5. The van der Waals surface area contributed by atoms with Gasteiger partial charge in [-0.05, 0) is 36.8 Å². The molecule has 0 aliphatic rings. The summed E-state index contributed by atoms with van der Waals surface area (Å²) in [5.74, 6) is 0.518. The molecule has 0 amide bonds. The summed E-state index contributed by atoms with van der Waals surface area (Å²) < 4.78 is 31.6. The second kappa shape index (κ2) is 6.59. The molecule has 0 saturated heterocycles. The van der Waals surface area contributed by atoms with Crippen LogP contribution in [-0.4, -0.2) is 37.0 Å². The molecule has 6 nitrogen and oxygen atoms in total. The summed E-state index contributed by atoms with van der Waals surface area (Å²) in [7, 11) is -0.587. The Hall–Kier alpha value is -2.22. The molecule has 1 heterocycles. The molecule has 0 aliphatic heterocycles. The van der Waals surface area contributed by atoms with Crippen LogP contribution in [0.15, 0.2) is 51.8 Å². The summed E-state index contributed by atoms with van der Waals surface area (Å²) >= 11 is 6.15. The first kappa shape index (κ1) is 17.6. The maximum atomic E-state index is 12.3. The number of benzene rings is 2. The molecule has 3 rings (SSSR count). The van der Waals surface area contributed by atoms with Gasteiger partial charge in [0.15, 0.2) is 0 Å². The summed E-state index contributed by atoms with van der Waals surface area (Å²) in [5, 5.41) is 8.58. The van der Waals surface area contributed by atoms with Crippen LogP contribution in [0.4, 0.5) is 0 Å². The van der Waals surface area contributed by atoms with Gasteiger partial charge in [0, 0.05) is 19.7 Å². The van der Waals surface area contributed by atoms with Gasteiger partial charge in [-0.2, -0.15) is 0 Å². The zero-order chi connectivity index (χ0) is 18.2. The first-order valence-corrected chi connectivity index (χ1v) is 9.24. The SMILES string of the molecule is Cc1ccc(S(=O)(=O)N(C)C)cc1-c1nnc(-c2ccccc2Cl)o1. The molecule has 0 saturated carbocycles. The van der Waals surface area contributed by atoms with Crippen molar-refractivity contribution in [3.8, 4) is 22.9 Å². The van der Waals surface area contributed by atoms with Gasteiger partial charge in [-0.25, -0.2) is 12.7 Å². The van der Waals surface area contributed by atoms with E-state index in [1.54, 1.807) is 24.3 Å². The Bertz CT molecular complexity index is 1030. The summed E-state index contributed by atoms with van der Waals surface area (Å²) in [6.07, 6.45) is 0. The van der Waals surface area contributed by atoms with Gasteiger partial charge in [-0.15, -0.1) is 10.2 Å². The molecular weight excluding hydrogens is 362 g/mol. The van der Waals surface area contributed by atoms with E-state index < -0.39 is 10.0 Å². The highest BCUT2D eigenvalue weighted by Crippen LogP contribution is 2.31. The number of aryl methyl sites for hydroxylation is 1. The van der Waals surface area contributed by atoms with E-state index in [1.165, 1.54) is 20.2 Å². The second-order valence-electron chi connectivity index (χ2n) is 5.66. The van der Waals surface area contributed by atoms with Crippen molar-refractivity contribution in [3.63, 3.8) is 0 Å². The third-order valence-electron chi connectivity index (χ3n) is 3.75. The van der Waals surface area contributed by atoms with E-state index in [9.17, 15) is 8.42 Å². The predicted octanol–water partition coefficient (Wildman–Crippen LogP) is 3.62. The van der Waals surface area contributed by atoms with Gasteiger partial charge in [-0.1, -0.05) is 29.8 Å². The Kier molecular flexibility index (Phi) is 4.64. The molecule has 0 radical (unpaired) electrons. The largest absolute Gasteiger partial charge is 0.416 e. The molecule has 0 fully saturated rings. The third kappa shape index (κ3) is 3.30. The minimum atomic E-state index is -3.55. The van der Waals surface area contributed by atoms with E-state index in [0.29, 0.717) is 16.1 Å². The maximum Gasteiger partial charge on any atom is 0.249 e. The average molecular weight is 378 g/mol. The van der Waals surface area contributed by atoms with E-state index >= 15 is 0 Å². The van der Waals surface area contributed by atoms with Crippen LogP contribution in [0.2, 0.25) is 5.02 Å². The van der Waals surface area contributed by atoms with Crippen LogP contribution < -0.4 is 0 Å². The predicted molar refractivity (Wildman–Crippen MR) is 95.8 cm³/mol. The van der Waals surface area contributed by atoms with Crippen molar-refractivity contribution in [2.75, 3.05) is 14.1 Å². The number of nitrogens with zero attached hydrogens (tertiary/aromatic N) is 3. The summed E-state index contributed by atoms with van der Waals surface area (Å²) in [5.41, 5.74) is 2.01. The lowest BCUT2D eigenvalue weighted by atomic mass is 10.1. The second-order valence-corrected chi connectivity index (χ2v) is 8.22. The van der Waals surface area contributed by atoms with Gasteiger partial charge in [-0.3, -0.25) is 0 Å². The molecule has 0 N–H and O–H groups in total. The number of sulfonamides is 1. The van der Waals surface area contributed by atoms with E-state index in [2.05, 4.69) is 10.2 Å². The number of hydrogen-bond donors (Lipinski definition) is 0. The quantitative estimate of drug-likeness (QED) is 0.694. The highest BCUT2D eigenvalue weighted by Gasteiger charge is 2.21. The van der Waals surface area contributed by atoms with Gasteiger partial charge < -0.3 is 4.42 Å². The molecule has 0 bridgehead atoms. The third-order valence-corrected chi connectivity index (χ3v) is 5.89. The first-order valence-electron chi connectivity index (χ1n) is 7.42. The Balaban J connectivity index is 2.08. The fraction of sp³-hybridized carbons (Fsp3) is 0.176. The van der Waals surface area contributed by atoms with Crippen LogP contribution in [-0.2, 0) is 10.0 Å². The van der Waals surface area contributed by atoms with E-state index in [1.807, 2.05) is 19.1 Å². The van der Waals surface area contributed by atoms with Crippen LogP contribution in [0.1, 0.15) is 5.56 Å². The number of aromatic nitrogens is 2. The normalized spacial score (nSPS) is 11.9. The molecule has 0 spiro atoms. The molecule has 3 aromatic rings. The van der Waals surface area contributed by atoms with Gasteiger partial charge in [0.1, 0.15) is 0 Å². The van der Waals surface area contributed by atoms with Crippen LogP contribution >= 0.6 is 11.6 Å². The van der Waals surface area contributed by atoms with Crippen LogP contribution in [0.25, 0.3) is 22.9 Å². The van der Waals surface area contributed by atoms with Crippen LogP contribution in [0.5, 0.6) is 0 Å². The van der Waals surface area contributed by atoms with Gasteiger partial charge >= 0.3 is 0 Å². The van der Waals surface area contributed by atoms with Crippen molar-refractivity contribution in [1.29, 1.82) is 0 Å². The molecule has 2 aromatic carbocycles. The van der Waals surface area contributed by atoms with Crippen molar-refractivity contribution in [2.45, 2.75) is 11.8 Å². The van der Waals surface area contributed by atoms with E-state index in [0.717, 1.165) is 9.87 Å². The van der Waals surface area contributed by atoms with Crippen molar-refractivity contribution in [3.05, 3.63) is 53.1 Å². The minimum Gasteiger partial charge on any atom is -0.416 e. The Morgan fingerprint density at radius 2 is 1.64 bits per heavy atom. The van der Waals surface area contributed by atoms with Crippen molar-refractivity contribution >= 4 is 21.6 Å². The summed E-state index contributed by atoms with van der Waals surface area (Å²) in [6, 6.07) is 11.9. The highest BCUT2D eigenvalue weighted by molar-refractivity contribution is 7.89. The van der Waals surface area contributed by atoms with Crippen molar-refractivity contribution in [2.24, 2.45) is 0 Å². The Morgan fingerprint density at radius 1 is 1.00 bits per heavy atom. The molecular formula is C17H16ClN3O3S. The molecule has 8 heteroatoms. The molecule has 130 valence electrons. The van der Waals surface area contributed by atoms with Gasteiger partial charge in [0.05, 0.1) is 15.5 Å². The number of halogens is 1. The molecule has 1 aromatic heterocycles. The standard InChI is InChI=1S/C17H16ClN3O3S/c1-11-8-9-12(25(22,23)21(2)3)10-14(11)17-20-19-16(24-17)13-6-4-5-7-15(13)18/h4-10H,1-3H3. The molecule has 0 aliphatic carbocycles. The smallest absolute Gasteiger partial charge is 0.249 e. The van der Waals surface area contributed by atoms with Crippen LogP contribution in [0, 0.1) is 6.92 Å². The van der Waals surface area contributed by atoms with Crippen LogP contribution in [0.3, 0.4) is 0 Å². The minimum absolute atomic E-state index is 0.163. The van der Waals surface area contributed by atoms with Gasteiger partial charge in [0.2, 0.25) is 21.8 Å². The fourth-order valence-electron chi connectivity index (χ4n) is 2.28. The monoisotopic (exact) mass is 377 g/mol. The van der Waals surface area contributed by atoms with E-state index in [4.69, 9.17) is 16.0 Å². The van der Waals surface area contributed by atoms with Crippen molar-refractivity contribution in [1.82, 2.24) is 14.5 Å². The Morgan fingerprint density at radius 3 is 2.28 bits per heavy atom. The summed E-state index contributed by atoms with van der Waals surface area (Å²) in [4.78, 5) is 0.163. The van der Waals surface area contributed by atoms with E-state index in [-0.39, 0.29) is 16.7 Å².